The lowest BCUT2D eigenvalue weighted by Gasteiger charge is -2.37. The fourth-order valence-corrected chi connectivity index (χ4v) is 20.9. The van der Waals surface area contributed by atoms with Gasteiger partial charge in [0, 0.05) is 167 Å². The summed E-state index contributed by atoms with van der Waals surface area (Å²) < 4.78 is 266. The molecule has 7 fully saturated rings. The molecule has 1 aliphatic carbocycles. The topological polar surface area (TPSA) is 405 Å². The molecule has 5 atom stereocenters. The Morgan fingerprint density at radius 1 is 0.367 bits per heavy atom. The molecule has 17 aromatic heterocycles. The molecule has 782 valence electrons. The molecule has 23 heterocycles. The van der Waals surface area contributed by atoms with Crippen molar-refractivity contribution in [2.45, 2.75) is 98.5 Å². The first-order chi connectivity index (χ1) is 71.5. The van der Waals surface area contributed by atoms with Gasteiger partial charge in [0.15, 0.2) is 66.5 Å². The van der Waals surface area contributed by atoms with Crippen LogP contribution < -0.4 is 24.5 Å². The number of piperidine rings is 2. The van der Waals surface area contributed by atoms with Crippen molar-refractivity contribution < 1.29 is 102 Å². The molecule has 6 aliphatic heterocycles. The minimum absolute atomic E-state index is 0.00832. The number of aromatic nitrogens is 24. The highest BCUT2D eigenvalue weighted by molar-refractivity contribution is 7.91. The SMILES string of the molecule is CS(=O)(=O)C1CCCN(c2cc(-c3cnc4ccc(C(F)(F)F)nn34)ccn2)C1.CS(=O)(=O)CC1CCCN(c2cc(-c3cnc4ccc(C(F)(F)F)nn34)ccn2)C1.FC(F)(F)c1ccc2ncc(-c3ccnc(N4CCOC(c5cn[nH]c5)C4)c3)n2n1.FC(F)(F)c1ccc2ncc(-c3ccnc(N4CCOC(c5cn[nH]c5)C4)c3)n2n1.O=C1OC2(CC2)[C@@H]2CN(c3cc(-c4cnc5ccc(C(F)(F)F)nn45)ccn3)CCN12. The molecular formula is C95H87F15N30O8S2. The molecule has 55 heteroatoms. The number of fused-ring (bicyclic) bond motifs is 7. The second-order valence-electron chi connectivity index (χ2n) is 36.5. The van der Waals surface area contributed by atoms with E-state index in [1.54, 1.807) is 103 Å². The first-order valence-corrected chi connectivity index (χ1v) is 50.8. The number of rotatable bonds is 15. The second kappa shape index (κ2) is 40.4. The van der Waals surface area contributed by atoms with Crippen molar-refractivity contribution in [1.29, 1.82) is 0 Å². The number of carbonyl (C=O) groups excluding carboxylic acids is 1. The zero-order valence-corrected chi connectivity index (χ0v) is 80.6. The number of pyridine rings is 5. The highest BCUT2D eigenvalue weighted by Gasteiger charge is 2.63. The highest BCUT2D eigenvalue weighted by Crippen LogP contribution is 2.51. The number of morpholine rings is 2. The fraction of sp³-hybridized carbons (Fsp3) is 0.347. The Morgan fingerprint density at radius 3 is 0.980 bits per heavy atom. The van der Waals surface area contributed by atoms with Gasteiger partial charge in [0.2, 0.25) is 0 Å². The molecule has 150 heavy (non-hydrogen) atoms. The summed E-state index contributed by atoms with van der Waals surface area (Å²) in [6.07, 6.45) is 6.42. The number of hydrogen-bond acceptors (Lipinski definition) is 30. The van der Waals surface area contributed by atoms with Crippen molar-refractivity contribution in [2.75, 3.05) is 128 Å². The summed E-state index contributed by atoms with van der Waals surface area (Å²) in [5.74, 6) is 3.45. The third kappa shape index (κ3) is 22.2. The molecule has 0 aromatic carbocycles. The van der Waals surface area contributed by atoms with Crippen LogP contribution in [0.2, 0.25) is 0 Å². The van der Waals surface area contributed by atoms with Crippen LogP contribution in [0.5, 0.6) is 0 Å². The number of alkyl halides is 15. The minimum Gasteiger partial charge on any atom is -0.441 e. The Kier molecular flexibility index (Phi) is 27.4. The van der Waals surface area contributed by atoms with Crippen molar-refractivity contribution in [3.05, 3.63) is 248 Å². The molecule has 24 rings (SSSR count). The number of hydrogen-bond donors (Lipinski definition) is 2. The van der Waals surface area contributed by atoms with Crippen molar-refractivity contribution in [3.63, 3.8) is 0 Å². The Morgan fingerprint density at radius 2 is 0.680 bits per heavy atom. The largest absolute Gasteiger partial charge is 0.441 e. The number of halogens is 15. The van der Waals surface area contributed by atoms with Gasteiger partial charge < -0.3 is 38.7 Å². The van der Waals surface area contributed by atoms with E-state index in [1.807, 2.05) is 28.0 Å². The second-order valence-corrected chi connectivity index (χ2v) is 41.0. The average molecular weight is 2130 g/mol. The van der Waals surface area contributed by atoms with Gasteiger partial charge >= 0.3 is 37.0 Å². The zero-order chi connectivity index (χ0) is 105. The standard InChI is InChI=1S/C20H17F3N6O2.2C19H16F3N7O.C19H20F3N5O2S.C18H18F3N5O2S/c21-20(22,23)14-1-2-16-25-10-13(29(16)26-14)12-3-6-24-17(9-12)27-7-8-28-15(11-27)19(4-5-19)31-18(28)30;2*20-19(21,22)16-1-2-17-24-10-14(29(17)27-16)12-3-4-23-18(7-12)28-5-6-30-15(11-28)13-8-25-26-9-13;1-30(28,29)12-13-3-2-8-26(11-13)18-9-14(6-7-23-18)15-10-24-17-5-4-16(19(20,21)22)25-27(15)17;1-29(27,28)13-3-2-8-25(11-13)17-9-12(6-7-22-17)14-10-23-16-5-4-15(18(19,20)21)24-26(14)16/h1-3,6,9-10,15H,4-5,7-8,11H2;2*1-4,7-10,15H,5-6,11H2,(H,25,26);4-7,9-10,13H,2-3,8,11-12H2,1H3;4-7,9-10,13H,2-3,8,11H2,1H3/t15-;;;;/m0..../s1. The monoisotopic (exact) mass is 2120 g/mol. The fourth-order valence-electron chi connectivity index (χ4n) is 18.7. The summed E-state index contributed by atoms with van der Waals surface area (Å²) in [7, 11) is -6.24. The minimum atomic E-state index is -4.56. The van der Waals surface area contributed by atoms with E-state index in [1.165, 1.54) is 91.9 Å². The molecule has 38 nitrogen and oxygen atoms in total. The number of nitrogens with one attached hydrogen (secondary N) is 2. The molecule has 2 N–H and O–H groups in total. The van der Waals surface area contributed by atoms with Crippen molar-refractivity contribution in [2.24, 2.45) is 5.92 Å². The number of amides is 1. The molecule has 0 bridgehead atoms. The lowest BCUT2D eigenvalue weighted by Crippen LogP contribution is -2.54. The molecule has 17 aromatic rings. The molecular weight excluding hydrogens is 2040 g/mol. The van der Waals surface area contributed by atoms with Crippen LogP contribution in [0.3, 0.4) is 0 Å². The lowest BCUT2D eigenvalue weighted by atomic mass is 10.00. The van der Waals surface area contributed by atoms with E-state index in [2.05, 4.69) is 110 Å². The van der Waals surface area contributed by atoms with Gasteiger partial charge in [0.05, 0.1) is 102 Å². The third-order valence-corrected chi connectivity index (χ3v) is 29.0. The third-order valence-electron chi connectivity index (χ3n) is 26.3. The number of piperazine rings is 1. The summed E-state index contributed by atoms with van der Waals surface area (Å²) in [5, 5.41) is 31.6. The van der Waals surface area contributed by atoms with Gasteiger partial charge in [-0.3, -0.25) is 15.1 Å². The molecule has 6 saturated heterocycles. The highest BCUT2D eigenvalue weighted by atomic mass is 32.2. The number of carbonyl (C=O) groups is 1. The smallest absolute Gasteiger partial charge is 0.435 e. The normalized spacial score (nSPS) is 18.8. The van der Waals surface area contributed by atoms with E-state index >= 15 is 0 Å². The van der Waals surface area contributed by atoms with Crippen LogP contribution in [0.15, 0.2) is 208 Å². The molecule has 1 amide bonds. The van der Waals surface area contributed by atoms with Gasteiger partial charge in [-0.25, -0.2) is 94.0 Å². The van der Waals surface area contributed by atoms with Crippen LogP contribution in [0.1, 0.15) is 90.3 Å². The van der Waals surface area contributed by atoms with Crippen LogP contribution in [0.4, 0.5) is 99.7 Å². The van der Waals surface area contributed by atoms with Crippen LogP contribution >= 0.6 is 0 Å². The number of sulfone groups is 2. The molecule has 7 aliphatic rings. The van der Waals surface area contributed by atoms with Gasteiger partial charge in [-0.1, -0.05) is 0 Å². The Balaban J connectivity index is 0.000000113. The quantitative estimate of drug-likeness (QED) is 0.0900. The van der Waals surface area contributed by atoms with Crippen LogP contribution in [-0.2, 0) is 64.8 Å². The maximum Gasteiger partial charge on any atom is 0.435 e. The van der Waals surface area contributed by atoms with Crippen LogP contribution in [0, 0.1) is 5.92 Å². The summed E-state index contributed by atoms with van der Waals surface area (Å²) in [5.41, 5.74) is 3.59. The van der Waals surface area contributed by atoms with Crippen molar-refractivity contribution in [3.8, 4) is 56.3 Å². The zero-order valence-electron chi connectivity index (χ0n) is 78.9. The van der Waals surface area contributed by atoms with E-state index < -0.39 is 84.3 Å². The number of imidazole rings is 5. The van der Waals surface area contributed by atoms with Crippen molar-refractivity contribution >= 4 is 83.1 Å². The average Bonchev–Trinajstić information content (AvgIpc) is 1.56. The summed E-state index contributed by atoms with van der Waals surface area (Å²) >= 11 is 0. The van der Waals surface area contributed by atoms with Gasteiger partial charge in [-0.05, 0) is 166 Å². The van der Waals surface area contributed by atoms with Crippen LogP contribution in [0.25, 0.3) is 84.5 Å². The summed E-state index contributed by atoms with van der Waals surface area (Å²) in [6, 6.07) is 28.5. The molecule has 1 spiro atoms. The number of ether oxygens (including phenoxy) is 3. The first kappa shape index (κ1) is 102. The van der Waals surface area contributed by atoms with E-state index in [-0.39, 0.29) is 41.6 Å². The van der Waals surface area contributed by atoms with E-state index in [0.29, 0.717) is 199 Å². The number of anilines is 5. The van der Waals surface area contributed by atoms with Crippen LogP contribution in [-0.4, -0.2) is 266 Å². The Labute approximate surface area is 840 Å². The molecule has 4 unspecified atom stereocenters. The number of nitrogens with zero attached hydrogens (tertiary/aromatic N) is 28. The van der Waals surface area contributed by atoms with Gasteiger partial charge in [0.1, 0.15) is 56.7 Å². The first-order valence-electron chi connectivity index (χ1n) is 46.8. The van der Waals surface area contributed by atoms with Gasteiger partial charge in [0.25, 0.3) is 0 Å². The Hall–Kier alpha value is -15.7. The van der Waals surface area contributed by atoms with Gasteiger partial charge in [-0.15, -0.1) is 0 Å². The van der Waals surface area contributed by atoms with E-state index in [9.17, 15) is 87.5 Å². The van der Waals surface area contributed by atoms with E-state index in [0.717, 1.165) is 84.6 Å². The molecule has 1 saturated carbocycles. The maximum atomic E-state index is 13.1. The predicted octanol–water partition coefficient (Wildman–Crippen LogP) is 15.1. The Bertz CT molecular complexity index is 7860. The van der Waals surface area contributed by atoms with E-state index in [4.69, 9.17) is 14.2 Å². The van der Waals surface area contributed by atoms with Crippen molar-refractivity contribution in [1.82, 2.24) is 123 Å². The predicted molar refractivity (Wildman–Crippen MR) is 511 cm³/mol. The number of aromatic amines is 2. The summed E-state index contributed by atoms with van der Waals surface area (Å²) in [4.78, 5) is 66.9. The lowest BCUT2D eigenvalue weighted by molar-refractivity contribution is -0.142. The maximum absolute atomic E-state index is 13.1. The molecule has 0 radical (unpaired) electrons. The van der Waals surface area contributed by atoms with Gasteiger partial charge in [-0.2, -0.15) is 102 Å². The number of H-pyrrole nitrogens is 2. The summed E-state index contributed by atoms with van der Waals surface area (Å²) in [6.45, 7) is 7.54.